The third kappa shape index (κ3) is 3.81. The van der Waals surface area contributed by atoms with Gasteiger partial charge in [0.1, 0.15) is 6.04 Å². The molecule has 0 saturated heterocycles. The summed E-state index contributed by atoms with van der Waals surface area (Å²) in [6, 6.07) is 2.87. The van der Waals surface area contributed by atoms with Crippen LogP contribution in [-0.4, -0.2) is 39.4 Å². The third-order valence-electron chi connectivity index (χ3n) is 2.29. The molecular weight excluding hydrogens is 302 g/mol. The number of carboxylic acid groups (broad SMARTS) is 1. The van der Waals surface area contributed by atoms with E-state index in [4.69, 9.17) is 9.63 Å². The van der Waals surface area contributed by atoms with E-state index in [1.165, 1.54) is 23.1 Å². The Balaban J connectivity index is 1.85. The van der Waals surface area contributed by atoms with Crippen molar-refractivity contribution in [2.24, 2.45) is 0 Å². The summed E-state index contributed by atoms with van der Waals surface area (Å²) in [6.07, 6.45) is 0.376. The number of nitrogens with one attached hydrogen (secondary N) is 1. The molecule has 1 amide bonds. The first-order valence-corrected chi connectivity index (χ1v) is 7.61. The predicted molar refractivity (Wildman–Crippen MR) is 74.4 cm³/mol. The lowest BCUT2D eigenvalue weighted by Crippen LogP contribution is -2.37. The summed E-state index contributed by atoms with van der Waals surface area (Å²) in [5.41, 5.74) is 0. The zero-order valence-corrected chi connectivity index (χ0v) is 11.8. The van der Waals surface area contributed by atoms with E-state index in [1.54, 1.807) is 0 Å². The highest BCUT2D eigenvalue weighted by Gasteiger charge is 2.17. The van der Waals surface area contributed by atoms with Crippen molar-refractivity contribution in [1.82, 2.24) is 15.5 Å². The van der Waals surface area contributed by atoms with Crippen LogP contribution in [0.1, 0.15) is 5.89 Å². The van der Waals surface area contributed by atoms with Gasteiger partial charge >= 0.3 is 5.97 Å². The van der Waals surface area contributed by atoms with E-state index in [0.29, 0.717) is 23.9 Å². The minimum absolute atomic E-state index is 0.227. The summed E-state index contributed by atoms with van der Waals surface area (Å²) in [5.74, 6) is 0.493. The molecule has 20 heavy (non-hydrogen) atoms. The van der Waals surface area contributed by atoms with Crippen molar-refractivity contribution in [3.05, 3.63) is 23.4 Å². The van der Waals surface area contributed by atoms with Gasteiger partial charge in [-0.25, -0.2) is 4.79 Å². The van der Waals surface area contributed by atoms with E-state index in [1.807, 2.05) is 17.5 Å². The van der Waals surface area contributed by atoms with Crippen LogP contribution in [0.25, 0.3) is 10.7 Å². The largest absolute Gasteiger partial charge is 0.480 e. The smallest absolute Gasteiger partial charge is 0.327 e. The van der Waals surface area contributed by atoms with Crippen LogP contribution >= 0.6 is 23.1 Å². The third-order valence-corrected chi connectivity index (χ3v) is 4.17. The van der Waals surface area contributed by atoms with Gasteiger partial charge in [-0.05, 0) is 11.4 Å². The first-order chi connectivity index (χ1) is 9.70. The van der Waals surface area contributed by atoms with Gasteiger partial charge in [0, 0.05) is 5.75 Å². The molecule has 9 heteroatoms. The maximum atomic E-state index is 10.8. The Morgan fingerprint density at radius 3 is 3.15 bits per heavy atom. The second kappa shape index (κ2) is 7.06. The van der Waals surface area contributed by atoms with Crippen molar-refractivity contribution >= 4 is 35.5 Å². The van der Waals surface area contributed by atoms with Gasteiger partial charge in [-0.3, -0.25) is 4.79 Å². The lowest BCUT2D eigenvalue weighted by atomic mass is 10.3. The Labute approximate surface area is 122 Å². The maximum Gasteiger partial charge on any atom is 0.327 e. The topological polar surface area (TPSA) is 105 Å². The first-order valence-electron chi connectivity index (χ1n) is 5.57. The van der Waals surface area contributed by atoms with Crippen LogP contribution in [0.4, 0.5) is 0 Å². The Kier molecular flexibility index (Phi) is 5.13. The van der Waals surface area contributed by atoms with Gasteiger partial charge in [-0.1, -0.05) is 11.2 Å². The molecule has 0 saturated carbocycles. The van der Waals surface area contributed by atoms with E-state index in [-0.39, 0.29) is 5.75 Å². The number of hydrogen-bond donors (Lipinski definition) is 2. The van der Waals surface area contributed by atoms with Crippen LogP contribution in [0, 0.1) is 0 Å². The van der Waals surface area contributed by atoms with Crippen LogP contribution in [0.5, 0.6) is 0 Å². The fourth-order valence-electron chi connectivity index (χ4n) is 1.36. The highest BCUT2D eigenvalue weighted by atomic mass is 32.2. The zero-order chi connectivity index (χ0) is 14.4. The summed E-state index contributed by atoms with van der Waals surface area (Å²) >= 11 is 2.81. The molecule has 106 valence electrons. The number of carbonyl (C=O) groups excluding carboxylic acids is 1. The average molecular weight is 313 g/mol. The highest BCUT2D eigenvalue weighted by Crippen LogP contribution is 2.22. The number of thiophene rings is 1. The molecular formula is C11H11N3O4S2. The molecule has 0 aliphatic carbocycles. The van der Waals surface area contributed by atoms with E-state index in [9.17, 15) is 9.59 Å². The Hall–Kier alpha value is -1.87. The Morgan fingerprint density at radius 2 is 2.50 bits per heavy atom. The molecule has 2 rings (SSSR count). The number of aliphatic carboxylic acids is 1. The van der Waals surface area contributed by atoms with E-state index >= 15 is 0 Å². The summed E-state index contributed by atoms with van der Waals surface area (Å²) in [4.78, 5) is 26.2. The molecule has 0 aromatic carbocycles. The Bertz CT molecular complexity index is 570. The lowest BCUT2D eigenvalue weighted by Gasteiger charge is -2.08. The molecule has 0 bridgehead atoms. The fourth-order valence-corrected chi connectivity index (χ4v) is 2.89. The molecule has 0 fully saturated rings. The molecule has 0 aliphatic heterocycles. The molecule has 2 aromatic heterocycles. The predicted octanol–water partition coefficient (Wildman–Crippen LogP) is 1.23. The molecule has 2 aromatic rings. The maximum absolute atomic E-state index is 10.8. The van der Waals surface area contributed by atoms with Crippen molar-refractivity contribution in [2.75, 3.05) is 5.75 Å². The van der Waals surface area contributed by atoms with Crippen molar-refractivity contribution in [3.63, 3.8) is 0 Å². The van der Waals surface area contributed by atoms with Gasteiger partial charge in [0.2, 0.25) is 18.1 Å². The fraction of sp³-hybridized carbons (Fsp3) is 0.273. The minimum atomic E-state index is -1.07. The van der Waals surface area contributed by atoms with E-state index < -0.39 is 12.0 Å². The number of hydrogen-bond acceptors (Lipinski definition) is 7. The number of nitrogens with zero attached hydrogens (tertiary/aromatic N) is 2. The molecule has 0 aliphatic rings. The second-order valence-corrected chi connectivity index (χ2v) is 5.66. The van der Waals surface area contributed by atoms with Gasteiger partial charge in [0.15, 0.2) is 0 Å². The van der Waals surface area contributed by atoms with Crippen LogP contribution < -0.4 is 5.32 Å². The molecule has 7 nitrogen and oxygen atoms in total. The molecule has 2 heterocycles. The molecule has 1 atom stereocenters. The van der Waals surface area contributed by atoms with Gasteiger partial charge in [-0.2, -0.15) is 4.98 Å². The molecule has 2 N–H and O–H groups in total. The van der Waals surface area contributed by atoms with Gasteiger partial charge in [-0.15, -0.1) is 23.1 Å². The van der Waals surface area contributed by atoms with Crippen molar-refractivity contribution in [3.8, 4) is 10.7 Å². The first kappa shape index (κ1) is 14.5. The zero-order valence-electron chi connectivity index (χ0n) is 10.2. The second-order valence-electron chi connectivity index (χ2n) is 3.68. The van der Waals surface area contributed by atoms with Crippen molar-refractivity contribution < 1.29 is 19.2 Å². The summed E-state index contributed by atoms with van der Waals surface area (Å²) in [7, 11) is 0. The number of carboxylic acids is 1. The van der Waals surface area contributed by atoms with Crippen LogP contribution in [0.15, 0.2) is 22.0 Å². The average Bonchev–Trinajstić information content (AvgIpc) is 3.08. The van der Waals surface area contributed by atoms with E-state index in [0.717, 1.165) is 4.88 Å². The normalized spacial score (nSPS) is 12.0. The number of aromatic nitrogens is 2. The van der Waals surface area contributed by atoms with Crippen molar-refractivity contribution in [2.45, 2.75) is 11.8 Å². The summed E-state index contributed by atoms with van der Waals surface area (Å²) < 4.78 is 5.08. The standard InChI is InChI=1S/C11H11N3O4S2/c15-6-12-7(11(16)17)4-19-5-9-13-10(14-18-9)8-2-1-3-20-8/h1-3,6-7H,4-5H2,(H,12,15)(H,16,17). The number of rotatable bonds is 8. The number of carbonyl (C=O) groups is 2. The van der Waals surface area contributed by atoms with Gasteiger partial charge in [0.05, 0.1) is 10.6 Å². The van der Waals surface area contributed by atoms with Crippen molar-refractivity contribution in [1.29, 1.82) is 0 Å². The lowest BCUT2D eigenvalue weighted by molar-refractivity contribution is -0.139. The highest BCUT2D eigenvalue weighted by molar-refractivity contribution is 7.98. The SMILES string of the molecule is O=CNC(CSCc1nc(-c2cccs2)no1)C(=O)O. The number of amides is 1. The van der Waals surface area contributed by atoms with E-state index in [2.05, 4.69) is 15.5 Å². The molecule has 0 spiro atoms. The quantitative estimate of drug-likeness (QED) is 0.706. The summed E-state index contributed by atoms with van der Waals surface area (Å²) in [5, 5.41) is 16.8. The number of thioether (sulfide) groups is 1. The monoisotopic (exact) mass is 313 g/mol. The van der Waals surface area contributed by atoms with Gasteiger partial charge < -0.3 is 14.9 Å². The van der Waals surface area contributed by atoms with Crippen LogP contribution in [0.2, 0.25) is 0 Å². The van der Waals surface area contributed by atoms with Crippen LogP contribution in [-0.2, 0) is 15.3 Å². The molecule has 0 radical (unpaired) electrons. The minimum Gasteiger partial charge on any atom is -0.480 e. The van der Waals surface area contributed by atoms with Crippen LogP contribution in [0.3, 0.4) is 0 Å². The Morgan fingerprint density at radius 1 is 1.65 bits per heavy atom. The molecule has 1 unspecified atom stereocenters. The summed E-state index contributed by atoms with van der Waals surface area (Å²) in [6.45, 7) is 0. The van der Waals surface area contributed by atoms with Gasteiger partial charge in [0.25, 0.3) is 0 Å².